The molecule has 5 heteroatoms. The van der Waals surface area contributed by atoms with Crippen molar-refractivity contribution in [2.45, 2.75) is 45.1 Å². The van der Waals surface area contributed by atoms with Gasteiger partial charge in [0.2, 0.25) is 0 Å². The molecule has 1 N–H and O–H groups in total. The summed E-state index contributed by atoms with van der Waals surface area (Å²) in [6.45, 7) is 6.29. The molecule has 0 radical (unpaired) electrons. The Kier molecular flexibility index (Phi) is 4.14. The molecule has 0 aromatic carbocycles. The molecule has 1 atom stereocenters. The van der Waals surface area contributed by atoms with E-state index >= 15 is 0 Å². The molecule has 0 saturated carbocycles. The first-order valence-electron chi connectivity index (χ1n) is 6.01. The highest BCUT2D eigenvalue weighted by molar-refractivity contribution is 7.09. The van der Waals surface area contributed by atoms with E-state index in [2.05, 4.69) is 41.8 Å². The van der Waals surface area contributed by atoms with Gasteiger partial charge in [-0.25, -0.2) is 0 Å². The van der Waals surface area contributed by atoms with Crippen molar-refractivity contribution in [2.75, 3.05) is 0 Å². The van der Waals surface area contributed by atoms with Crippen LogP contribution in [0.15, 0.2) is 17.5 Å². The lowest BCUT2D eigenvalue weighted by molar-refractivity contribution is 0.169. The van der Waals surface area contributed by atoms with Gasteiger partial charge in [0.25, 0.3) is 0 Å². The van der Waals surface area contributed by atoms with Crippen LogP contribution >= 0.6 is 22.9 Å². The van der Waals surface area contributed by atoms with E-state index in [1.165, 1.54) is 16.4 Å². The number of aryl methyl sites for hydroxylation is 1. The maximum absolute atomic E-state index is 10.3. The van der Waals surface area contributed by atoms with Gasteiger partial charge in [0, 0.05) is 10.3 Å². The van der Waals surface area contributed by atoms with Crippen LogP contribution in [0.3, 0.4) is 0 Å². The summed E-state index contributed by atoms with van der Waals surface area (Å²) < 4.78 is 3.99. The minimum Gasteiger partial charge on any atom is -0.387 e. The van der Waals surface area contributed by atoms with Crippen molar-refractivity contribution < 1.29 is 5.11 Å². The zero-order valence-corrected chi connectivity index (χ0v) is 12.5. The molecule has 2 rings (SSSR count). The van der Waals surface area contributed by atoms with Gasteiger partial charge in [0.15, 0.2) is 0 Å². The predicted octanol–water partition coefficient (Wildman–Crippen LogP) is 3.56. The van der Waals surface area contributed by atoms with Crippen LogP contribution in [0, 0.1) is 0 Å². The summed E-state index contributed by atoms with van der Waals surface area (Å²) >= 11 is 3.05. The van der Waals surface area contributed by atoms with E-state index in [-0.39, 0.29) is 5.41 Å². The molecule has 0 spiro atoms. The average Bonchev–Trinajstić information content (AvgIpc) is 2.95. The molecule has 98 valence electrons. The highest BCUT2D eigenvalue weighted by Gasteiger charge is 2.26. The van der Waals surface area contributed by atoms with E-state index < -0.39 is 6.10 Å². The highest BCUT2D eigenvalue weighted by atomic mass is 32.1. The van der Waals surface area contributed by atoms with Crippen molar-refractivity contribution in [3.8, 4) is 0 Å². The first kappa shape index (κ1) is 13.6. The van der Waals surface area contributed by atoms with E-state index in [0.717, 1.165) is 23.4 Å². The van der Waals surface area contributed by atoms with Crippen molar-refractivity contribution in [1.29, 1.82) is 0 Å². The smallest absolute Gasteiger partial charge is 0.0920 e. The lowest BCUT2D eigenvalue weighted by Crippen LogP contribution is -2.15. The van der Waals surface area contributed by atoms with Crippen LogP contribution in [0.4, 0.5) is 0 Å². The molecular formula is C13H18N2OS2. The number of aliphatic hydroxyl groups excluding tert-OH is 1. The number of rotatable bonds is 4. The SMILES string of the molecule is CC(C)(C)c1nnsc1C(O)CCc1cccs1. The Morgan fingerprint density at radius 1 is 1.39 bits per heavy atom. The summed E-state index contributed by atoms with van der Waals surface area (Å²) in [6, 6.07) is 4.15. The zero-order valence-electron chi connectivity index (χ0n) is 10.9. The van der Waals surface area contributed by atoms with Gasteiger partial charge in [-0.3, -0.25) is 0 Å². The monoisotopic (exact) mass is 282 g/mol. The Hall–Kier alpha value is -0.780. The first-order valence-corrected chi connectivity index (χ1v) is 7.67. The third-order valence-corrected chi connectivity index (χ3v) is 4.53. The molecule has 2 aromatic heterocycles. The topological polar surface area (TPSA) is 46.0 Å². The number of hydrogen-bond donors (Lipinski definition) is 1. The Morgan fingerprint density at radius 3 is 2.78 bits per heavy atom. The molecule has 3 nitrogen and oxygen atoms in total. The van der Waals surface area contributed by atoms with E-state index in [1.54, 1.807) is 11.3 Å². The maximum Gasteiger partial charge on any atom is 0.0920 e. The van der Waals surface area contributed by atoms with Crippen molar-refractivity contribution in [3.05, 3.63) is 33.0 Å². The highest BCUT2D eigenvalue weighted by Crippen LogP contribution is 2.32. The summed E-state index contributed by atoms with van der Waals surface area (Å²) in [5, 5.41) is 16.5. The number of nitrogens with zero attached hydrogens (tertiary/aromatic N) is 2. The quantitative estimate of drug-likeness (QED) is 0.932. The number of aliphatic hydroxyl groups is 1. The van der Waals surface area contributed by atoms with Gasteiger partial charge >= 0.3 is 0 Å². The standard InChI is InChI=1S/C13H18N2OS2/c1-13(2,3)12-11(18-15-14-12)10(16)7-6-9-5-4-8-17-9/h4-5,8,10,16H,6-7H2,1-3H3. The largest absolute Gasteiger partial charge is 0.387 e. The molecule has 18 heavy (non-hydrogen) atoms. The maximum atomic E-state index is 10.3. The van der Waals surface area contributed by atoms with E-state index in [0.29, 0.717) is 0 Å². The molecule has 1 unspecified atom stereocenters. The van der Waals surface area contributed by atoms with Crippen molar-refractivity contribution in [1.82, 2.24) is 9.59 Å². The second kappa shape index (κ2) is 5.47. The Labute approximate surface area is 116 Å². The Morgan fingerprint density at radius 2 is 2.17 bits per heavy atom. The third kappa shape index (κ3) is 3.16. The van der Waals surface area contributed by atoms with Gasteiger partial charge in [-0.05, 0) is 35.8 Å². The van der Waals surface area contributed by atoms with Crippen LogP contribution in [-0.4, -0.2) is 14.7 Å². The molecule has 0 aliphatic rings. The first-order chi connectivity index (χ1) is 8.48. The Balaban J connectivity index is 2.05. The summed E-state index contributed by atoms with van der Waals surface area (Å²) in [7, 11) is 0. The third-order valence-electron chi connectivity index (χ3n) is 2.77. The molecule has 0 fully saturated rings. The molecular weight excluding hydrogens is 264 g/mol. The average molecular weight is 282 g/mol. The van der Waals surface area contributed by atoms with Crippen LogP contribution in [0.1, 0.15) is 48.7 Å². The van der Waals surface area contributed by atoms with Crippen LogP contribution in [0.5, 0.6) is 0 Å². The van der Waals surface area contributed by atoms with Gasteiger partial charge in [0.05, 0.1) is 16.7 Å². The molecule has 0 aliphatic carbocycles. The van der Waals surface area contributed by atoms with Crippen LogP contribution < -0.4 is 0 Å². The second-order valence-electron chi connectivity index (χ2n) is 5.37. The van der Waals surface area contributed by atoms with E-state index in [1.807, 2.05) is 6.07 Å². The summed E-state index contributed by atoms with van der Waals surface area (Å²) in [5.74, 6) is 0. The fourth-order valence-corrected chi connectivity index (χ4v) is 3.41. The lowest BCUT2D eigenvalue weighted by atomic mass is 9.90. The van der Waals surface area contributed by atoms with Gasteiger partial charge in [0.1, 0.15) is 0 Å². The lowest BCUT2D eigenvalue weighted by Gasteiger charge is -2.18. The van der Waals surface area contributed by atoms with Gasteiger partial charge < -0.3 is 5.11 Å². The van der Waals surface area contributed by atoms with Gasteiger partial charge in [-0.2, -0.15) is 0 Å². The zero-order chi connectivity index (χ0) is 13.2. The van der Waals surface area contributed by atoms with Gasteiger partial charge in [-0.15, -0.1) is 16.4 Å². The number of hydrogen-bond acceptors (Lipinski definition) is 5. The molecule has 0 bridgehead atoms. The summed E-state index contributed by atoms with van der Waals surface area (Å²) in [4.78, 5) is 2.22. The van der Waals surface area contributed by atoms with Crippen LogP contribution in [0.25, 0.3) is 0 Å². The summed E-state index contributed by atoms with van der Waals surface area (Å²) in [5.41, 5.74) is 0.859. The number of thiophene rings is 1. The minimum absolute atomic E-state index is 0.0632. The second-order valence-corrected chi connectivity index (χ2v) is 7.19. The fraction of sp³-hybridized carbons (Fsp3) is 0.538. The molecule has 0 amide bonds. The Bertz CT molecular complexity index is 485. The minimum atomic E-state index is -0.457. The van der Waals surface area contributed by atoms with E-state index in [9.17, 15) is 5.11 Å². The van der Waals surface area contributed by atoms with Crippen LogP contribution in [-0.2, 0) is 11.8 Å². The molecule has 0 aliphatic heterocycles. The normalized spacial score (nSPS) is 13.8. The molecule has 2 heterocycles. The van der Waals surface area contributed by atoms with Crippen molar-refractivity contribution in [3.63, 3.8) is 0 Å². The van der Waals surface area contributed by atoms with Crippen LogP contribution in [0.2, 0.25) is 0 Å². The van der Waals surface area contributed by atoms with Crippen molar-refractivity contribution >= 4 is 22.9 Å². The van der Waals surface area contributed by atoms with Crippen molar-refractivity contribution in [2.24, 2.45) is 0 Å². The number of aromatic nitrogens is 2. The molecule has 0 saturated heterocycles. The van der Waals surface area contributed by atoms with E-state index in [4.69, 9.17) is 0 Å². The molecule has 2 aromatic rings. The predicted molar refractivity (Wildman–Crippen MR) is 76.2 cm³/mol. The summed E-state index contributed by atoms with van der Waals surface area (Å²) in [6.07, 6.45) is 1.18. The fourth-order valence-electron chi connectivity index (χ4n) is 1.80. The van der Waals surface area contributed by atoms with Gasteiger partial charge in [-0.1, -0.05) is 31.3 Å².